The highest BCUT2D eigenvalue weighted by molar-refractivity contribution is 5.81. The van der Waals surface area contributed by atoms with Gasteiger partial charge in [0.15, 0.2) is 0 Å². The number of amides is 1. The van der Waals surface area contributed by atoms with Crippen molar-refractivity contribution in [2.75, 3.05) is 12.3 Å². The fraction of sp³-hybridized carbons (Fsp3) is 0.357. The SMILES string of the molecule is C=CCC1CCN(Cc2ccc(N)cc2)C1=O. The van der Waals surface area contributed by atoms with E-state index in [2.05, 4.69) is 6.58 Å². The highest BCUT2D eigenvalue weighted by Crippen LogP contribution is 2.23. The molecule has 1 amide bonds. The van der Waals surface area contributed by atoms with Gasteiger partial charge in [0, 0.05) is 24.7 Å². The molecule has 1 fully saturated rings. The Labute approximate surface area is 102 Å². The summed E-state index contributed by atoms with van der Waals surface area (Å²) in [6, 6.07) is 7.70. The van der Waals surface area contributed by atoms with E-state index in [1.165, 1.54) is 0 Å². The van der Waals surface area contributed by atoms with E-state index in [9.17, 15) is 4.79 Å². The Morgan fingerprint density at radius 2 is 2.12 bits per heavy atom. The normalized spacial score (nSPS) is 19.6. The van der Waals surface area contributed by atoms with E-state index >= 15 is 0 Å². The lowest BCUT2D eigenvalue weighted by atomic mass is 10.0. The number of rotatable bonds is 4. The van der Waals surface area contributed by atoms with E-state index in [4.69, 9.17) is 5.73 Å². The molecule has 0 radical (unpaired) electrons. The van der Waals surface area contributed by atoms with Crippen molar-refractivity contribution < 1.29 is 4.79 Å². The van der Waals surface area contributed by atoms with Gasteiger partial charge in [-0.2, -0.15) is 0 Å². The Balaban J connectivity index is 1.98. The van der Waals surface area contributed by atoms with Crippen molar-refractivity contribution in [3.63, 3.8) is 0 Å². The summed E-state index contributed by atoms with van der Waals surface area (Å²) < 4.78 is 0. The second-order valence-electron chi connectivity index (χ2n) is 4.51. The van der Waals surface area contributed by atoms with E-state index in [1.54, 1.807) is 0 Å². The van der Waals surface area contributed by atoms with Crippen molar-refractivity contribution >= 4 is 11.6 Å². The first-order valence-electron chi connectivity index (χ1n) is 5.95. The van der Waals surface area contributed by atoms with Crippen molar-refractivity contribution in [1.29, 1.82) is 0 Å². The van der Waals surface area contributed by atoms with Gasteiger partial charge in [0.25, 0.3) is 0 Å². The third kappa shape index (κ3) is 2.67. The number of anilines is 1. The molecule has 2 rings (SSSR count). The summed E-state index contributed by atoms with van der Waals surface area (Å²) in [5.41, 5.74) is 7.52. The maximum Gasteiger partial charge on any atom is 0.226 e. The molecule has 0 bridgehead atoms. The quantitative estimate of drug-likeness (QED) is 0.636. The van der Waals surface area contributed by atoms with E-state index in [0.29, 0.717) is 6.54 Å². The van der Waals surface area contributed by atoms with Crippen LogP contribution < -0.4 is 5.73 Å². The molecular formula is C14H18N2O. The Hall–Kier alpha value is -1.77. The van der Waals surface area contributed by atoms with Gasteiger partial charge >= 0.3 is 0 Å². The topological polar surface area (TPSA) is 46.3 Å². The number of likely N-dealkylation sites (tertiary alicyclic amines) is 1. The first-order valence-corrected chi connectivity index (χ1v) is 5.95. The number of hydrogen-bond donors (Lipinski definition) is 1. The lowest BCUT2D eigenvalue weighted by Gasteiger charge is -2.16. The summed E-state index contributed by atoms with van der Waals surface area (Å²) in [4.78, 5) is 13.9. The molecule has 1 aromatic rings. The molecule has 1 aliphatic heterocycles. The minimum Gasteiger partial charge on any atom is -0.399 e. The van der Waals surface area contributed by atoms with Gasteiger partial charge in [-0.1, -0.05) is 18.2 Å². The second-order valence-corrected chi connectivity index (χ2v) is 4.51. The summed E-state index contributed by atoms with van der Waals surface area (Å²) in [5, 5.41) is 0. The van der Waals surface area contributed by atoms with Crippen LogP contribution >= 0.6 is 0 Å². The fourth-order valence-corrected chi connectivity index (χ4v) is 2.22. The number of hydrogen-bond acceptors (Lipinski definition) is 2. The van der Waals surface area contributed by atoms with Gasteiger partial charge < -0.3 is 10.6 Å². The Morgan fingerprint density at radius 3 is 2.76 bits per heavy atom. The van der Waals surface area contributed by atoms with Crippen molar-refractivity contribution in [1.82, 2.24) is 4.90 Å². The second kappa shape index (κ2) is 5.04. The maximum absolute atomic E-state index is 12.0. The monoisotopic (exact) mass is 230 g/mol. The summed E-state index contributed by atoms with van der Waals surface area (Å²) in [6.07, 6.45) is 3.56. The highest BCUT2D eigenvalue weighted by Gasteiger charge is 2.30. The largest absolute Gasteiger partial charge is 0.399 e. The third-order valence-corrected chi connectivity index (χ3v) is 3.21. The first-order chi connectivity index (χ1) is 8.20. The van der Waals surface area contributed by atoms with Crippen LogP contribution in [0.3, 0.4) is 0 Å². The summed E-state index contributed by atoms with van der Waals surface area (Å²) in [7, 11) is 0. The van der Waals surface area contributed by atoms with Crippen LogP contribution in [0.4, 0.5) is 5.69 Å². The van der Waals surface area contributed by atoms with Crippen LogP contribution in [-0.4, -0.2) is 17.4 Å². The van der Waals surface area contributed by atoms with Crippen molar-refractivity contribution in [3.05, 3.63) is 42.5 Å². The zero-order chi connectivity index (χ0) is 12.3. The van der Waals surface area contributed by atoms with E-state index in [1.807, 2.05) is 35.2 Å². The smallest absolute Gasteiger partial charge is 0.226 e. The molecule has 3 heteroatoms. The predicted molar refractivity (Wildman–Crippen MR) is 69.2 cm³/mol. The lowest BCUT2D eigenvalue weighted by Crippen LogP contribution is -2.26. The molecule has 1 saturated heterocycles. The van der Waals surface area contributed by atoms with Crippen LogP contribution in [0, 0.1) is 5.92 Å². The standard InChI is InChI=1S/C14H18N2O/c1-2-3-12-8-9-16(14(12)17)10-11-4-6-13(15)7-5-11/h2,4-7,12H,1,3,8-10,15H2. The van der Waals surface area contributed by atoms with Gasteiger partial charge in [0.2, 0.25) is 5.91 Å². The van der Waals surface area contributed by atoms with Crippen LogP contribution in [0.2, 0.25) is 0 Å². The molecule has 0 saturated carbocycles. The van der Waals surface area contributed by atoms with Crippen LogP contribution in [0.15, 0.2) is 36.9 Å². The van der Waals surface area contributed by atoms with Gasteiger partial charge in [-0.25, -0.2) is 0 Å². The summed E-state index contributed by atoms with van der Waals surface area (Å²) in [5.74, 6) is 0.392. The fourth-order valence-electron chi connectivity index (χ4n) is 2.22. The molecule has 1 aliphatic rings. The van der Waals surface area contributed by atoms with Crippen LogP contribution in [-0.2, 0) is 11.3 Å². The molecule has 90 valence electrons. The van der Waals surface area contributed by atoms with E-state index < -0.39 is 0 Å². The average Bonchev–Trinajstić information content (AvgIpc) is 2.65. The van der Waals surface area contributed by atoms with Gasteiger partial charge in [-0.15, -0.1) is 6.58 Å². The van der Waals surface area contributed by atoms with Gasteiger partial charge in [0.05, 0.1) is 0 Å². The molecule has 1 atom stereocenters. The number of nitrogen functional groups attached to an aromatic ring is 1. The third-order valence-electron chi connectivity index (χ3n) is 3.21. The van der Waals surface area contributed by atoms with Gasteiger partial charge in [-0.3, -0.25) is 4.79 Å². The van der Waals surface area contributed by atoms with Gasteiger partial charge in [0.1, 0.15) is 0 Å². The van der Waals surface area contributed by atoms with Crippen molar-refractivity contribution in [2.24, 2.45) is 5.92 Å². The number of nitrogens with two attached hydrogens (primary N) is 1. The number of carbonyl (C=O) groups is 1. The van der Waals surface area contributed by atoms with Crippen molar-refractivity contribution in [3.8, 4) is 0 Å². The molecule has 0 aliphatic carbocycles. The Bertz CT molecular complexity index is 411. The minimum absolute atomic E-state index is 0.140. The molecular weight excluding hydrogens is 212 g/mol. The van der Waals surface area contributed by atoms with Crippen LogP contribution in [0.5, 0.6) is 0 Å². The zero-order valence-electron chi connectivity index (χ0n) is 9.93. The maximum atomic E-state index is 12.0. The van der Waals surface area contributed by atoms with Crippen LogP contribution in [0.25, 0.3) is 0 Å². The Morgan fingerprint density at radius 1 is 1.41 bits per heavy atom. The number of carbonyl (C=O) groups excluding carboxylic acids is 1. The average molecular weight is 230 g/mol. The highest BCUT2D eigenvalue weighted by atomic mass is 16.2. The summed E-state index contributed by atoms with van der Waals surface area (Å²) in [6.45, 7) is 5.23. The molecule has 1 aromatic carbocycles. The molecule has 1 unspecified atom stereocenters. The molecule has 0 aromatic heterocycles. The predicted octanol–water partition coefficient (Wildman–Crippen LogP) is 2.19. The van der Waals surface area contributed by atoms with Crippen molar-refractivity contribution in [2.45, 2.75) is 19.4 Å². The molecule has 0 spiro atoms. The Kier molecular flexibility index (Phi) is 3.47. The zero-order valence-corrected chi connectivity index (χ0v) is 9.93. The first kappa shape index (κ1) is 11.7. The lowest BCUT2D eigenvalue weighted by molar-refractivity contribution is -0.131. The number of allylic oxidation sites excluding steroid dienone is 1. The van der Waals surface area contributed by atoms with Crippen LogP contribution in [0.1, 0.15) is 18.4 Å². The number of benzene rings is 1. The molecule has 17 heavy (non-hydrogen) atoms. The number of nitrogens with zero attached hydrogens (tertiary/aromatic N) is 1. The van der Waals surface area contributed by atoms with Gasteiger partial charge in [-0.05, 0) is 30.5 Å². The minimum atomic E-state index is 0.140. The molecule has 1 heterocycles. The molecule has 3 nitrogen and oxygen atoms in total. The summed E-state index contributed by atoms with van der Waals surface area (Å²) >= 11 is 0. The van der Waals surface area contributed by atoms with E-state index in [-0.39, 0.29) is 11.8 Å². The molecule has 2 N–H and O–H groups in total. The van der Waals surface area contributed by atoms with E-state index in [0.717, 1.165) is 30.6 Å².